The molecular formula is C19H26N2O2. The predicted molar refractivity (Wildman–Crippen MR) is 91.0 cm³/mol. The van der Waals surface area contributed by atoms with E-state index in [0.717, 1.165) is 26.2 Å². The molecule has 4 nitrogen and oxygen atoms in total. The summed E-state index contributed by atoms with van der Waals surface area (Å²) >= 11 is 0. The SMILES string of the molecule is OC(CN(Cc1ccccc1)CC1CCNCC1)c1ccco1. The van der Waals surface area contributed by atoms with Crippen molar-refractivity contribution in [2.75, 3.05) is 26.2 Å². The highest BCUT2D eigenvalue weighted by Gasteiger charge is 2.21. The van der Waals surface area contributed by atoms with Crippen molar-refractivity contribution in [1.29, 1.82) is 0 Å². The normalized spacial score (nSPS) is 17.5. The predicted octanol–water partition coefficient (Wildman–Crippen LogP) is 2.81. The van der Waals surface area contributed by atoms with E-state index in [2.05, 4.69) is 34.5 Å². The van der Waals surface area contributed by atoms with Crippen LogP contribution in [-0.2, 0) is 6.54 Å². The van der Waals surface area contributed by atoms with Crippen molar-refractivity contribution in [2.24, 2.45) is 5.92 Å². The molecule has 2 aromatic rings. The number of benzene rings is 1. The van der Waals surface area contributed by atoms with E-state index in [0.29, 0.717) is 18.2 Å². The molecule has 3 rings (SSSR count). The molecule has 1 unspecified atom stereocenters. The maximum Gasteiger partial charge on any atom is 0.133 e. The molecule has 1 atom stereocenters. The molecule has 0 radical (unpaired) electrons. The first-order valence-corrected chi connectivity index (χ1v) is 8.50. The quantitative estimate of drug-likeness (QED) is 0.825. The number of hydrogen-bond acceptors (Lipinski definition) is 4. The molecule has 1 aliphatic heterocycles. The number of aliphatic hydroxyl groups is 1. The van der Waals surface area contributed by atoms with E-state index >= 15 is 0 Å². The van der Waals surface area contributed by atoms with Gasteiger partial charge in [-0.15, -0.1) is 0 Å². The van der Waals surface area contributed by atoms with Gasteiger partial charge in [0.05, 0.1) is 6.26 Å². The van der Waals surface area contributed by atoms with Crippen molar-refractivity contribution in [2.45, 2.75) is 25.5 Å². The van der Waals surface area contributed by atoms with Crippen LogP contribution >= 0.6 is 0 Å². The van der Waals surface area contributed by atoms with Crippen LogP contribution in [0.2, 0.25) is 0 Å². The van der Waals surface area contributed by atoms with Crippen molar-refractivity contribution < 1.29 is 9.52 Å². The van der Waals surface area contributed by atoms with Crippen LogP contribution in [0, 0.1) is 5.92 Å². The third-order valence-corrected chi connectivity index (χ3v) is 4.53. The molecule has 0 aliphatic carbocycles. The van der Waals surface area contributed by atoms with Gasteiger partial charge in [-0.25, -0.2) is 0 Å². The highest BCUT2D eigenvalue weighted by Crippen LogP contribution is 2.20. The fourth-order valence-corrected chi connectivity index (χ4v) is 3.29. The van der Waals surface area contributed by atoms with E-state index < -0.39 is 6.10 Å². The summed E-state index contributed by atoms with van der Waals surface area (Å²) in [5.41, 5.74) is 1.29. The topological polar surface area (TPSA) is 48.6 Å². The van der Waals surface area contributed by atoms with Gasteiger partial charge in [0.1, 0.15) is 11.9 Å². The molecule has 124 valence electrons. The number of nitrogens with one attached hydrogen (secondary N) is 1. The number of nitrogens with zero attached hydrogens (tertiary/aromatic N) is 1. The van der Waals surface area contributed by atoms with E-state index in [1.54, 1.807) is 6.26 Å². The number of piperidine rings is 1. The zero-order valence-corrected chi connectivity index (χ0v) is 13.5. The third kappa shape index (κ3) is 4.93. The summed E-state index contributed by atoms with van der Waals surface area (Å²) in [6, 6.07) is 14.1. The Morgan fingerprint density at radius 3 is 2.61 bits per heavy atom. The minimum absolute atomic E-state index is 0.574. The molecule has 1 saturated heterocycles. The lowest BCUT2D eigenvalue weighted by atomic mass is 9.97. The second-order valence-corrected chi connectivity index (χ2v) is 6.40. The summed E-state index contributed by atoms with van der Waals surface area (Å²) < 4.78 is 5.35. The van der Waals surface area contributed by atoms with Crippen LogP contribution in [0.5, 0.6) is 0 Å². The van der Waals surface area contributed by atoms with Crippen LogP contribution in [0.25, 0.3) is 0 Å². The zero-order valence-electron chi connectivity index (χ0n) is 13.5. The van der Waals surface area contributed by atoms with Gasteiger partial charge in [0.15, 0.2) is 0 Å². The Labute approximate surface area is 138 Å². The van der Waals surface area contributed by atoms with Gasteiger partial charge < -0.3 is 14.8 Å². The minimum Gasteiger partial charge on any atom is -0.467 e. The van der Waals surface area contributed by atoms with Crippen LogP contribution in [0.1, 0.15) is 30.3 Å². The monoisotopic (exact) mass is 314 g/mol. The summed E-state index contributed by atoms with van der Waals surface area (Å²) in [5, 5.41) is 13.9. The van der Waals surface area contributed by atoms with Crippen molar-refractivity contribution in [3.8, 4) is 0 Å². The molecular weight excluding hydrogens is 288 g/mol. The number of aliphatic hydroxyl groups excluding tert-OH is 1. The van der Waals surface area contributed by atoms with Crippen LogP contribution in [0.15, 0.2) is 53.1 Å². The molecule has 1 aromatic carbocycles. The van der Waals surface area contributed by atoms with E-state index in [4.69, 9.17) is 4.42 Å². The van der Waals surface area contributed by atoms with Crippen LogP contribution in [0.3, 0.4) is 0 Å². The van der Waals surface area contributed by atoms with Gasteiger partial charge in [0.2, 0.25) is 0 Å². The van der Waals surface area contributed by atoms with E-state index in [-0.39, 0.29) is 0 Å². The van der Waals surface area contributed by atoms with Gasteiger partial charge in [0, 0.05) is 19.6 Å². The second kappa shape index (κ2) is 8.29. The maximum absolute atomic E-state index is 10.4. The van der Waals surface area contributed by atoms with Crippen molar-refractivity contribution in [3.63, 3.8) is 0 Å². The smallest absolute Gasteiger partial charge is 0.133 e. The fraction of sp³-hybridized carbons (Fsp3) is 0.474. The average molecular weight is 314 g/mol. The lowest BCUT2D eigenvalue weighted by molar-refractivity contribution is 0.0788. The van der Waals surface area contributed by atoms with Gasteiger partial charge in [-0.2, -0.15) is 0 Å². The molecule has 2 heterocycles. The van der Waals surface area contributed by atoms with Crippen LogP contribution in [-0.4, -0.2) is 36.2 Å². The van der Waals surface area contributed by atoms with E-state index in [9.17, 15) is 5.11 Å². The van der Waals surface area contributed by atoms with Gasteiger partial charge in [0.25, 0.3) is 0 Å². The summed E-state index contributed by atoms with van der Waals surface area (Å²) in [4.78, 5) is 2.36. The standard InChI is InChI=1S/C19H26N2O2/c22-18(19-7-4-12-23-19)15-21(13-16-5-2-1-3-6-16)14-17-8-10-20-11-9-17/h1-7,12,17-18,20,22H,8-11,13-15H2. The van der Waals surface area contributed by atoms with Gasteiger partial charge in [-0.05, 0) is 49.5 Å². The highest BCUT2D eigenvalue weighted by atomic mass is 16.4. The van der Waals surface area contributed by atoms with Crippen molar-refractivity contribution >= 4 is 0 Å². The number of rotatable bonds is 7. The first kappa shape index (κ1) is 16.2. The minimum atomic E-state index is -0.574. The Kier molecular flexibility index (Phi) is 5.86. The van der Waals surface area contributed by atoms with Crippen LogP contribution < -0.4 is 5.32 Å². The van der Waals surface area contributed by atoms with Gasteiger partial charge in [-0.1, -0.05) is 30.3 Å². The van der Waals surface area contributed by atoms with Crippen molar-refractivity contribution in [1.82, 2.24) is 10.2 Å². The van der Waals surface area contributed by atoms with Gasteiger partial charge in [-0.3, -0.25) is 4.90 Å². The Bertz CT molecular complexity index is 550. The first-order chi connectivity index (χ1) is 11.3. The molecule has 0 spiro atoms. The molecule has 0 amide bonds. The molecule has 1 aliphatic rings. The zero-order chi connectivity index (χ0) is 15.9. The van der Waals surface area contributed by atoms with Gasteiger partial charge >= 0.3 is 0 Å². The molecule has 0 bridgehead atoms. The lowest BCUT2D eigenvalue weighted by Gasteiger charge is -2.31. The first-order valence-electron chi connectivity index (χ1n) is 8.50. The third-order valence-electron chi connectivity index (χ3n) is 4.53. The highest BCUT2D eigenvalue weighted by molar-refractivity contribution is 5.14. The Balaban J connectivity index is 1.64. The summed E-state index contributed by atoms with van der Waals surface area (Å²) in [5.74, 6) is 1.34. The molecule has 4 heteroatoms. The number of hydrogen-bond donors (Lipinski definition) is 2. The molecule has 0 saturated carbocycles. The second-order valence-electron chi connectivity index (χ2n) is 6.40. The van der Waals surface area contributed by atoms with Crippen LogP contribution in [0.4, 0.5) is 0 Å². The van der Waals surface area contributed by atoms with Crippen molar-refractivity contribution in [3.05, 3.63) is 60.1 Å². The largest absolute Gasteiger partial charge is 0.467 e. The molecule has 2 N–H and O–H groups in total. The molecule has 23 heavy (non-hydrogen) atoms. The maximum atomic E-state index is 10.4. The Morgan fingerprint density at radius 1 is 1.13 bits per heavy atom. The Morgan fingerprint density at radius 2 is 1.91 bits per heavy atom. The molecule has 1 fully saturated rings. The summed E-state index contributed by atoms with van der Waals surface area (Å²) in [7, 11) is 0. The number of furan rings is 1. The molecule has 1 aromatic heterocycles. The fourth-order valence-electron chi connectivity index (χ4n) is 3.29. The lowest BCUT2D eigenvalue weighted by Crippen LogP contribution is -2.37. The van der Waals surface area contributed by atoms with E-state index in [1.165, 1.54) is 18.4 Å². The van der Waals surface area contributed by atoms with E-state index in [1.807, 2.05) is 18.2 Å². The Hall–Kier alpha value is -1.62. The summed E-state index contributed by atoms with van der Waals surface area (Å²) in [6.07, 6.45) is 3.47. The summed E-state index contributed by atoms with van der Waals surface area (Å²) in [6.45, 7) is 4.69. The average Bonchev–Trinajstić information content (AvgIpc) is 3.11.